The van der Waals surface area contributed by atoms with Gasteiger partial charge in [-0.25, -0.2) is 0 Å². The summed E-state index contributed by atoms with van der Waals surface area (Å²) in [6.45, 7) is 0. The molecule has 0 spiro atoms. The maximum absolute atomic E-state index is 9.63. The van der Waals surface area contributed by atoms with E-state index < -0.39 is 0 Å². The highest BCUT2D eigenvalue weighted by atomic mass is 32.2. The van der Waals surface area contributed by atoms with Crippen LogP contribution < -0.4 is 0 Å². The Bertz CT molecular complexity index is 143. The molecule has 1 heterocycles. The summed E-state index contributed by atoms with van der Waals surface area (Å²) in [5.74, 6) is 3.76. The van der Waals surface area contributed by atoms with Gasteiger partial charge in [0.15, 0.2) is 0 Å². The van der Waals surface area contributed by atoms with Gasteiger partial charge in [-0.15, -0.1) is 0 Å². The molecule has 2 fully saturated rings. The fourth-order valence-electron chi connectivity index (χ4n) is 2.49. The first-order valence-corrected chi connectivity index (χ1v) is 6.27. The first kappa shape index (κ1) is 8.89. The van der Waals surface area contributed by atoms with Crippen LogP contribution in [0.15, 0.2) is 0 Å². The molecule has 1 aliphatic carbocycles. The maximum Gasteiger partial charge on any atom is 0.0666 e. The minimum atomic E-state index is 0.00981. The van der Waals surface area contributed by atoms with Crippen LogP contribution in [0.1, 0.15) is 32.1 Å². The van der Waals surface area contributed by atoms with Crippen molar-refractivity contribution in [2.75, 3.05) is 11.5 Å². The first-order chi connectivity index (χ1) is 5.86. The fourth-order valence-corrected chi connectivity index (χ4v) is 3.80. The lowest BCUT2D eigenvalue weighted by atomic mass is 9.91. The zero-order chi connectivity index (χ0) is 8.39. The third-order valence-corrected chi connectivity index (χ3v) is 4.52. The lowest BCUT2D eigenvalue weighted by molar-refractivity contribution is 0.134. The van der Waals surface area contributed by atoms with Gasteiger partial charge >= 0.3 is 0 Å². The van der Waals surface area contributed by atoms with Crippen LogP contribution in [-0.4, -0.2) is 22.7 Å². The number of hydrogen-bond donors (Lipinski definition) is 1. The summed E-state index contributed by atoms with van der Waals surface area (Å²) in [6.07, 6.45) is 7.02. The highest BCUT2D eigenvalue weighted by Gasteiger charge is 2.29. The summed E-state index contributed by atoms with van der Waals surface area (Å²) < 4.78 is 0. The van der Waals surface area contributed by atoms with E-state index in [9.17, 15) is 5.11 Å². The van der Waals surface area contributed by atoms with Gasteiger partial charge in [-0.1, -0.05) is 25.7 Å². The SMILES string of the molecule is OC1CSCC1CC1CCCC1. The normalized spacial score (nSPS) is 37.8. The zero-order valence-corrected chi connectivity index (χ0v) is 8.35. The molecule has 1 saturated carbocycles. The largest absolute Gasteiger partial charge is 0.392 e. The van der Waals surface area contributed by atoms with Crippen LogP contribution in [0.2, 0.25) is 0 Å². The summed E-state index contributed by atoms with van der Waals surface area (Å²) in [4.78, 5) is 0. The molecule has 1 saturated heterocycles. The van der Waals surface area contributed by atoms with E-state index in [1.807, 2.05) is 11.8 Å². The van der Waals surface area contributed by atoms with E-state index in [0.29, 0.717) is 5.92 Å². The van der Waals surface area contributed by atoms with Crippen molar-refractivity contribution in [3.8, 4) is 0 Å². The highest BCUT2D eigenvalue weighted by molar-refractivity contribution is 7.99. The minimum absolute atomic E-state index is 0.00981. The molecule has 70 valence electrons. The van der Waals surface area contributed by atoms with Crippen LogP contribution >= 0.6 is 11.8 Å². The Balaban J connectivity index is 1.77. The lowest BCUT2D eigenvalue weighted by Gasteiger charge is -2.17. The summed E-state index contributed by atoms with van der Waals surface area (Å²) in [6, 6.07) is 0. The van der Waals surface area contributed by atoms with Crippen molar-refractivity contribution in [1.29, 1.82) is 0 Å². The van der Waals surface area contributed by atoms with Crippen LogP contribution in [-0.2, 0) is 0 Å². The summed E-state index contributed by atoms with van der Waals surface area (Å²) in [7, 11) is 0. The van der Waals surface area contributed by atoms with Gasteiger partial charge in [0.1, 0.15) is 0 Å². The van der Waals surface area contributed by atoms with Crippen molar-refractivity contribution in [1.82, 2.24) is 0 Å². The van der Waals surface area contributed by atoms with E-state index in [0.717, 1.165) is 11.7 Å². The molecule has 2 heteroatoms. The molecule has 0 bridgehead atoms. The topological polar surface area (TPSA) is 20.2 Å². The van der Waals surface area contributed by atoms with Crippen LogP contribution in [0.5, 0.6) is 0 Å². The quantitative estimate of drug-likeness (QED) is 0.714. The second-order valence-electron chi connectivity index (χ2n) is 4.25. The number of aliphatic hydroxyl groups is 1. The number of rotatable bonds is 2. The van der Waals surface area contributed by atoms with Gasteiger partial charge < -0.3 is 5.11 Å². The first-order valence-electron chi connectivity index (χ1n) is 5.12. The van der Waals surface area contributed by atoms with Gasteiger partial charge in [-0.05, 0) is 24.0 Å². The molecular formula is C10H18OS. The second-order valence-corrected chi connectivity index (χ2v) is 5.33. The summed E-state index contributed by atoms with van der Waals surface area (Å²) >= 11 is 1.92. The Kier molecular flexibility index (Phi) is 2.97. The molecule has 2 aliphatic rings. The predicted molar refractivity (Wildman–Crippen MR) is 53.4 cm³/mol. The van der Waals surface area contributed by atoms with Gasteiger partial charge in [0.25, 0.3) is 0 Å². The standard InChI is InChI=1S/C10H18OS/c11-10-7-12-6-9(10)5-8-3-1-2-4-8/h8-11H,1-7H2. The number of aliphatic hydroxyl groups excluding tert-OH is 1. The van der Waals surface area contributed by atoms with Crippen molar-refractivity contribution < 1.29 is 5.11 Å². The average Bonchev–Trinajstić information content (AvgIpc) is 2.65. The fraction of sp³-hybridized carbons (Fsp3) is 1.00. The van der Waals surface area contributed by atoms with E-state index in [1.54, 1.807) is 0 Å². The molecule has 0 aromatic rings. The predicted octanol–water partition coefficient (Wildman–Crippen LogP) is 2.29. The number of hydrogen-bond acceptors (Lipinski definition) is 2. The summed E-state index contributed by atoms with van der Waals surface area (Å²) in [5.41, 5.74) is 0. The highest BCUT2D eigenvalue weighted by Crippen LogP contribution is 2.35. The molecule has 2 atom stereocenters. The zero-order valence-electron chi connectivity index (χ0n) is 7.54. The van der Waals surface area contributed by atoms with E-state index >= 15 is 0 Å². The Hall–Kier alpha value is 0.310. The van der Waals surface area contributed by atoms with E-state index in [4.69, 9.17) is 0 Å². The molecule has 0 aromatic carbocycles. The smallest absolute Gasteiger partial charge is 0.0666 e. The molecular weight excluding hydrogens is 168 g/mol. The Labute approximate surface area is 78.9 Å². The third kappa shape index (κ3) is 1.97. The molecule has 1 aliphatic heterocycles. The van der Waals surface area contributed by atoms with E-state index in [-0.39, 0.29) is 6.10 Å². The van der Waals surface area contributed by atoms with Crippen molar-refractivity contribution >= 4 is 11.8 Å². The molecule has 2 rings (SSSR count). The van der Waals surface area contributed by atoms with Crippen LogP contribution in [0.4, 0.5) is 0 Å². The van der Waals surface area contributed by atoms with Crippen molar-refractivity contribution in [3.63, 3.8) is 0 Å². The number of thioether (sulfide) groups is 1. The molecule has 12 heavy (non-hydrogen) atoms. The van der Waals surface area contributed by atoms with Gasteiger partial charge in [0.2, 0.25) is 0 Å². The lowest BCUT2D eigenvalue weighted by Crippen LogP contribution is -2.20. The van der Waals surface area contributed by atoms with Crippen molar-refractivity contribution in [2.24, 2.45) is 11.8 Å². The Morgan fingerprint density at radius 1 is 1.17 bits per heavy atom. The van der Waals surface area contributed by atoms with Crippen LogP contribution in [0.3, 0.4) is 0 Å². The van der Waals surface area contributed by atoms with Crippen LogP contribution in [0, 0.1) is 11.8 Å². The second kappa shape index (κ2) is 4.01. The monoisotopic (exact) mass is 186 g/mol. The molecule has 0 radical (unpaired) electrons. The molecule has 0 aromatic heterocycles. The van der Waals surface area contributed by atoms with Crippen molar-refractivity contribution in [2.45, 2.75) is 38.2 Å². The van der Waals surface area contributed by atoms with Gasteiger partial charge in [0, 0.05) is 5.75 Å². The van der Waals surface area contributed by atoms with Crippen LogP contribution in [0.25, 0.3) is 0 Å². The molecule has 1 N–H and O–H groups in total. The van der Waals surface area contributed by atoms with Gasteiger partial charge in [0.05, 0.1) is 6.10 Å². The van der Waals surface area contributed by atoms with Gasteiger partial charge in [-0.2, -0.15) is 11.8 Å². The van der Waals surface area contributed by atoms with E-state index in [1.165, 1.54) is 37.9 Å². The molecule has 2 unspecified atom stereocenters. The van der Waals surface area contributed by atoms with Gasteiger partial charge in [-0.3, -0.25) is 0 Å². The molecule has 0 amide bonds. The summed E-state index contributed by atoms with van der Waals surface area (Å²) in [5, 5.41) is 9.63. The Morgan fingerprint density at radius 3 is 2.50 bits per heavy atom. The molecule has 1 nitrogen and oxygen atoms in total. The third-order valence-electron chi connectivity index (χ3n) is 3.28. The van der Waals surface area contributed by atoms with Crippen molar-refractivity contribution in [3.05, 3.63) is 0 Å². The Morgan fingerprint density at radius 2 is 1.92 bits per heavy atom. The van der Waals surface area contributed by atoms with E-state index in [2.05, 4.69) is 0 Å². The minimum Gasteiger partial charge on any atom is -0.392 e. The average molecular weight is 186 g/mol. The maximum atomic E-state index is 9.63.